The largest absolute Gasteiger partial charge is 0.349 e. The first-order valence-electron chi connectivity index (χ1n) is 10.7. The first-order valence-corrected chi connectivity index (χ1v) is 12.6. The molecule has 1 aliphatic rings. The molecule has 1 atom stereocenters. The Balaban J connectivity index is 1.65. The van der Waals surface area contributed by atoms with E-state index in [-0.39, 0.29) is 28.3 Å². The number of carbonyl (C=O) groups is 2. The number of amides is 2. The zero-order valence-corrected chi connectivity index (χ0v) is 19.4. The van der Waals surface area contributed by atoms with Gasteiger partial charge in [0.05, 0.1) is 15.7 Å². The number of nitro benzene ring substituents is 1. The molecule has 33 heavy (non-hydrogen) atoms. The molecule has 2 aromatic carbocycles. The molecule has 2 aromatic rings. The average Bonchev–Trinajstić information content (AvgIpc) is 2.79. The SMILES string of the molecule is CCC(C(=O)N1CCC(NC(=O)c2cc([N+](=O)[O-])cc(S(C)(=O)=O)c2)CC1)c1ccccc1. The number of sulfone groups is 1. The highest BCUT2D eigenvalue weighted by Gasteiger charge is 2.29. The van der Waals surface area contributed by atoms with Crippen molar-refractivity contribution in [3.05, 3.63) is 69.8 Å². The van der Waals surface area contributed by atoms with Gasteiger partial charge in [0.15, 0.2) is 9.84 Å². The summed E-state index contributed by atoms with van der Waals surface area (Å²) < 4.78 is 23.7. The molecule has 0 aliphatic carbocycles. The molecule has 3 rings (SSSR count). The van der Waals surface area contributed by atoms with Crippen LogP contribution >= 0.6 is 0 Å². The van der Waals surface area contributed by atoms with Crippen molar-refractivity contribution in [2.75, 3.05) is 19.3 Å². The summed E-state index contributed by atoms with van der Waals surface area (Å²) in [6, 6.07) is 12.6. The van der Waals surface area contributed by atoms with Crippen LogP contribution in [0, 0.1) is 10.1 Å². The van der Waals surface area contributed by atoms with Gasteiger partial charge in [-0.2, -0.15) is 0 Å². The molecular formula is C23H27N3O6S. The van der Waals surface area contributed by atoms with Crippen LogP contribution in [-0.4, -0.2) is 55.4 Å². The summed E-state index contributed by atoms with van der Waals surface area (Å²) in [6.45, 7) is 2.94. The highest BCUT2D eigenvalue weighted by Crippen LogP contribution is 2.25. The molecule has 1 fully saturated rings. The number of nitrogens with one attached hydrogen (secondary N) is 1. The van der Waals surface area contributed by atoms with E-state index in [9.17, 15) is 28.1 Å². The normalized spacial score (nSPS) is 15.6. The third-order valence-electron chi connectivity index (χ3n) is 5.84. The number of non-ortho nitro benzene ring substituents is 1. The lowest BCUT2D eigenvalue weighted by Gasteiger charge is -2.34. The van der Waals surface area contributed by atoms with E-state index in [2.05, 4.69) is 5.32 Å². The summed E-state index contributed by atoms with van der Waals surface area (Å²) in [5.41, 5.74) is 0.432. The maximum absolute atomic E-state index is 13.0. The zero-order valence-electron chi connectivity index (χ0n) is 18.6. The van der Waals surface area contributed by atoms with Crippen LogP contribution in [0.3, 0.4) is 0 Å². The Morgan fingerprint density at radius 2 is 1.79 bits per heavy atom. The van der Waals surface area contributed by atoms with Gasteiger partial charge in [-0.25, -0.2) is 8.42 Å². The minimum atomic E-state index is -3.73. The third-order valence-corrected chi connectivity index (χ3v) is 6.93. The van der Waals surface area contributed by atoms with E-state index in [1.165, 1.54) is 0 Å². The van der Waals surface area contributed by atoms with Gasteiger partial charge in [-0.05, 0) is 30.9 Å². The van der Waals surface area contributed by atoms with Gasteiger partial charge >= 0.3 is 0 Å². The molecule has 0 aromatic heterocycles. The van der Waals surface area contributed by atoms with Gasteiger partial charge < -0.3 is 10.2 Å². The minimum Gasteiger partial charge on any atom is -0.349 e. The van der Waals surface area contributed by atoms with E-state index in [1.54, 1.807) is 4.90 Å². The van der Waals surface area contributed by atoms with Crippen molar-refractivity contribution in [2.24, 2.45) is 0 Å². The van der Waals surface area contributed by atoms with Gasteiger partial charge in [-0.1, -0.05) is 37.3 Å². The lowest BCUT2D eigenvalue weighted by atomic mass is 9.93. The number of hydrogen-bond donors (Lipinski definition) is 1. The number of rotatable bonds is 7. The van der Waals surface area contributed by atoms with Crippen molar-refractivity contribution in [3.63, 3.8) is 0 Å². The molecule has 176 valence electrons. The first kappa shape index (κ1) is 24.4. The summed E-state index contributed by atoms with van der Waals surface area (Å²) in [6.07, 6.45) is 2.70. The first-order chi connectivity index (χ1) is 15.6. The molecule has 9 nitrogen and oxygen atoms in total. The topological polar surface area (TPSA) is 127 Å². The highest BCUT2D eigenvalue weighted by molar-refractivity contribution is 7.90. The fourth-order valence-electron chi connectivity index (χ4n) is 4.01. The summed E-state index contributed by atoms with van der Waals surface area (Å²) in [7, 11) is -3.73. The summed E-state index contributed by atoms with van der Waals surface area (Å²) in [5, 5.41) is 14.0. The third kappa shape index (κ3) is 5.95. The Hall–Kier alpha value is -3.27. The van der Waals surface area contributed by atoms with E-state index in [0.29, 0.717) is 32.4 Å². The van der Waals surface area contributed by atoms with E-state index in [4.69, 9.17) is 0 Å². The Morgan fingerprint density at radius 3 is 2.33 bits per heavy atom. The van der Waals surface area contributed by atoms with E-state index < -0.39 is 26.4 Å². The van der Waals surface area contributed by atoms with Crippen molar-refractivity contribution in [1.29, 1.82) is 0 Å². The molecule has 1 N–H and O–H groups in total. The fraction of sp³-hybridized carbons (Fsp3) is 0.391. The molecule has 0 spiro atoms. The molecule has 1 unspecified atom stereocenters. The molecular weight excluding hydrogens is 446 g/mol. The van der Waals surface area contributed by atoms with Gasteiger partial charge in [0, 0.05) is 43.1 Å². The van der Waals surface area contributed by atoms with Crippen LogP contribution in [0.1, 0.15) is 48.0 Å². The maximum Gasteiger partial charge on any atom is 0.271 e. The van der Waals surface area contributed by atoms with Gasteiger partial charge in [0.25, 0.3) is 11.6 Å². The van der Waals surface area contributed by atoms with E-state index >= 15 is 0 Å². The van der Waals surface area contributed by atoms with Crippen molar-refractivity contribution < 1.29 is 22.9 Å². The monoisotopic (exact) mass is 473 g/mol. The van der Waals surface area contributed by atoms with Crippen LogP contribution in [-0.2, 0) is 14.6 Å². The van der Waals surface area contributed by atoms with Crippen molar-refractivity contribution in [3.8, 4) is 0 Å². The molecule has 1 aliphatic heterocycles. The van der Waals surface area contributed by atoms with Gasteiger partial charge in [-0.15, -0.1) is 0 Å². The number of nitro groups is 1. The van der Waals surface area contributed by atoms with Crippen LogP contribution in [0.2, 0.25) is 0 Å². The number of nitrogens with zero attached hydrogens (tertiary/aromatic N) is 2. The van der Waals surface area contributed by atoms with Crippen LogP contribution in [0.4, 0.5) is 5.69 Å². The predicted octanol–water partition coefficient (Wildman–Crippen LogP) is 2.91. The van der Waals surface area contributed by atoms with Crippen LogP contribution in [0.5, 0.6) is 0 Å². The Kier molecular flexibility index (Phi) is 7.47. The molecule has 1 saturated heterocycles. The lowest BCUT2D eigenvalue weighted by molar-refractivity contribution is -0.385. The number of hydrogen-bond acceptors (Lipinski definition) is 6. The van der Waals surface area contributed by atoms with Crippen LogP contribution < -0.4 is 5.32 Å². The summed E-state index contributed by atoms with van der Waals surface area (Å²) >= 11 is 0. The zero-order chi connectivity index (χ0) is 24.2. The molecule has 2 amide bonds. The van der Waals surface area contributed by atoms with Crippen LogP contribution in [0.25, 0.3) is 0 Å². The van der Waals surface area contributed by atoms with Gasteiger partial charge in [0.1, 0.15) is 0 Å². The number of carbonyl (C=O) groups excluding carboxylic acids is 2. The number of likely N-dealkylation sites (tertiary alicyclic amines) is 1. The standard InChI is InChI=1S/C23H27N3O6S/c1-3-21(16-7-5-4-6-8-16)23(28)25-11-9-18(10-12-25)24-22(27)17-13-19(26(29)30)15-20(14-17)33(2,31)32/h4-8,13-15,18,21H,3,9-12H2,1-2H3,(H,24,27). The van der Waals surface area contributed by atoms with E-state index in [1.807, 2.05) is 37.3 Å². The Labute approximate surface area is 192 Å². The quantitative estimate of drug-likeness (QED) is 0.487. The smallest absolute Gasteiger partial charge is 0.271 e. The summed E-state index contributed by atoms with van der Waals surface area (Å²) in [5.74, 6) is -0.731. The fourth-order valence-corrected chi connectivity index (χ4v) is 4.68. The Morgan fingerprint density at radius 1 is 1.15 bits per heavy atom. The van der Waals surface area contributed by atoms with Crippen molar-refractivity contribution >= 4 is 27.3 Å². The maximum atomic E-state index is 13.0. The van der Waals surface area contributed by atoms with Crippen LogP contribution in [0.15, 0.2) is 53.4 Å². The molecule has 10 heteroatoms. The van der Waals surface area contributed by atoms with Gasteiger partial charge in [0.2, 0.25) is 5.91 Å². The second-order valence-electron chi connectivity index (χ2n) is 8.19. The minimum absolute atomic E-state index is 0.0601. The van der Waals surface area contributed by atoms with E-state index in [0.717, 1.165) is 30.0 Å². The number of piperidine rings is 1. The van der Waals surface area contributed by atoms with Crippen molar-refractivity contribution in [1.82, 2.24) is 10.2 Å². The lowest BCUT2D eigenvalue weighted by Crippen LogP contribution is -2.47. The summed E-state index contributed by atoms with van der Waals surface area (Å²) in [4.78, 5) is 37.7. The number of benzene rings is 2. The average molecular weight is 474 g/mol. The predicted molar refractivity (Wildman–Crippen MR) is 123 cm³/mol. The molecule has 0 saturated carbocycles. The second-order valence-corrected chi connectivity index (χ2v) is 10.2. The molecule has 0 bridgehead atoms. The molecule has 0 radical (unpaired) electrons. The van der Waals surface area contributed by atoms with Crippen molar-refractivity contribution in [2.45, 2.75) is 43.0 Å². The van der Waals surface area contributed by atoms with Gasteiger partial charge in [-0.3, -0.25) is 19.7 Å². The highest BCUT2D eigenvalue weighted by atomic mass is 32.2. The second kappa shape index (κ2) is 10.1. The Bertz CT molecular complexity index is 1140. The molecule has 1 heterocycles.